The summed E-state index contributed by atoms with van der Waals surface area (Å²) < 4.78 is 39.4. The van der Waals surface area contributed by atoms with E-state index in [4.69, 9.17) is 11.6 Å². The first-order chi connectivity index (χ1) is 11.6. The molecule has 1 N–H and O–H groups in total. The van der Waals surface area contributed by atoms with Crippen LogP contribution in [0.4, 0.5) is 18.9 Å². The SMILES string of the molecule is CC(C)CCc1ccccc1NC(=O)C1C(C(F)(F)F)=NN(C)C1Cl. The highest BCUT2D eigenvalue weighted by atomic mass is 35.5. The Hall–Kier alpha value is -1.76. The number of nitrogens with zero attached hydrogens (tertiary/aromatic N) is 2. The first kappa shape index (κ1) is 19.6. The lowest BCUT2D eigenvalue weighted by Gasteiger charge is -2.20. The van der Waals surface area contributed by atoms with Crippen LogP contribution in [0.25, 0.3) is 0 Å². The quantitative estimate of drug-likeness (QED) is 0.617. The van der Waals surface area contributed by atoms with Gasteiger partial charge in [0.05, 0.1) is 0 Å². The minimum absolute atomic E-state index is 0.475. The molecule has 0 radical (unpaired) electrons. The second kappa shape index (κ2) is 7.64. The van der Waals surface area contributed by atoms with Crippen LogP contribution in [-0.2, 0) is 11.2 Å². The molecule has 1 amide bonds. The molecule has 1 aromatic rings. The molecule has 0 bridgehead atoms. The standard InChI is InChI=1S/C17H21ClF3N3O/c1-10(2)8-9-11-6-4-5-7-12(11)22-16(25)13-14(17(19,20)21)23-24(3)15(13)18/h4-7,10,13,15H,8-9H2,1-3H3,(H,22,25). The predicted molar refractivity (Wildman–Crippen MR) is 92.6 cm³/mol. The molecule has 4 nitrogen and oxygen atoms in total. The van der Waals surface area contributed by atoms with Gasteiger partial charge >= 0.3 is 6.18 Å². The van der Waals surface area contributed by atoms with Crippen molar-refractivity contribution < 1.29 is 18.0 Å². The summed E-state index contributed by atoms with van der Waals surface area (Å²) in [5.74, 6) is -1.91. The number of para-hydroxylation sites is 1. The summed E-state index contributed by atoms with van der Waals surface area (Å²) in [4.78, 5) is 12.5. The van der Waals surface area contributed by atoms with Gasteiger partial charge in [0.15, 0.2) is 5.71 Å². The van der Waals surface area contributed by atoms with Crippen molar-refractivity contribution in [2.45, 2.75) is 38.4 Å². The highest BCUT2D eigenvalue weighted by Crippen LogP contribution is 2.34. The van der Waals surface area contributed by atoms with Crippen molar-refractivity contribution >= 4 is 28.9 Å². The number of hydrogen-bond donors (Lipinski definition) is 1. The van der Waals surface area contributed by atoms with Crippen LogP contribution in [0, 0.1) is 11.8 Å². The van der Waals surface area contributed by atoms with Gasteiger partial charge in [-0.05, 0) is 30.4 Å². The lowest BCUT2D eigenvalue weighted by Crippen LogP contribution is -2.41. The molecule has 0 fully saturated rings. The van der Waals surface area contributed by atoms with E-state index in [9.17, 15) is 18.0 Å². The van der Waals surface area contributed by atoms with E-state index in [1.165, 1.54) is 7.05 Å². The molecule has 1 heterocycles. The molecule has 1 aliphatic heterocycles. The molecule has 0 aromatic heterocycles. The van der Waals surface area contributed by atoms with Gasteiger partial charge in [-0.15, -0.1) is 0 Å². The fraction of sp³-hybridized carbons (Fsp3) is 0.529. The van der Waals surface area contributed by atoms with Crippen LogP contribution in [0.2, 0.25) is 0 Å². The van der Waals surface area contributed by atoms with Crippen molar-refractivity contribution in [3.8, 4) is 0 Å². The maximum absolute atomic E-state index is 13.1. The molecule has 25 heavy (non-hydrogen) atoms. The molecule has 0 saturated carbocycles. The zero-order chi connectivity index (χ0) is 18.8. The van der Waals surface area contributed by atoms with Gasteiger partial charge in [0.2, 0.25) is 5.91 Å². The molecule has 0 spiro atoms. The fourth-order valence-electron chi connectivity index (χ4n) is 2.63. The molecule has 1 aromatic carbocycles. The topological polar surface area (TPSA) is 44.7 Å². The minimum atomic E-state index is -4.71. The van der Waals surface area contributed by atoms with Crippen LogP contribution in [0.15, 0.2) is 29.4 Å². The lowest BCUT2D eigenvalue weighted by atomic mass is 9.99. The van der Waals surface area contributed by atoms with Gasteiger partial charge in [-0.2, -0.15) is 18.3 Å². The summed E-state index contributed by atoms with van der Waals surface area (Å²) in [6.45, 7) is 4.17. The number of rotatable bonds is 5. The molecule has 138 valence electrons. The number of carbonyl (C=O) groups excluding carboxylic acids is 1. The van der Waals surface area contributed by atoms with Crippen LogP contribution in [-0.4, -0.2) is 35.4 Å². The lowest BCUT2D eigenvalue weighted by molar-refractivity contribution is -0.119. The highest BCUT2D eigenvalue weighted by Gasteiger charge is 2.52. The highest BCUT2D eigenvalue weighted by molar-refractivity contribution is 6.27. The number of hydrogen-bond acceptors (Lipinski definition) is 3. The van der Waals surface area contributed by atoms with Gasteiger partial charge in [-0.25, -0.2) is 0 Å². The molecular weight excluding hydrogens is 355 g/mol. The van der Waals surface area contributed by atoms with Crippen molar-refractivity contribution in [3.63, 3.8) is 0 Å². The molecule has 2 atom stereocenters. The third kappa shape index (κ3) is 4.66. The van der Waals surface area contributed by atoms with E-state index in [2.05, 4.69) is 24.3 Å². The third-order valence-corrected chi connectivity index (χ3v) is 4.57. The smallest absolute Gasteiger partial charge is 0.325 e. The van der Waals surface area contributed by atoms with Crippen LogP contribution in [0.1, 0.15) is 25.8 Å². The molecular formula is C17H21ClF3N3O. The Balaban J connectivity index is 2.21. The predicted octanol–water partition coefficient (Wildman–Crippen LogP) is 4.26. The minimum Gasteiger partial charge on any atom is -0.325 e. The van der Waals surface area contributed by atoms with Crippen LogP contribution in [0.5, 0.6) is 0 Å². The van der Waals surface area contributed by atoms with E-state index in [1.54, 1.807) is 12.1 Å². The van der Waals surface area contributed by atoms with Gasteiger partial charge in [0, 0.05) is 12.7 Å². The molecule has 2 rings (SSSR count). The van der Waals surface area contributed by atoms with Crippen molar-refractivity contribution in [2.75, 3.05) is 12.4 Å². The Kier molecular flexibility index (Phi) is 5.98. The number of aryl methyl sites for hydroxylation is 1. The van der Waals surface area contributed by atoms with Gasteiger partial charge in [-0.3, -0.25) is 9.80 Å². The molecule has 0 aliphatic carbocycles. The number of alkyl halides is 4. The zero-order valence-electron chi connectivity index (χ0n) is 14.3. The van der Waals surface area contributed by atoms with E-state index in [-0.39, 0.29) is 0 Å². The second-order valence-electron chi connectivity index (χ2n) is 6.49. The molecule has 8 heteroatoms. The number of hydrazone groups is 1. The van der Waals surface area contributed by atoms with E-state index in [0.717, 1.165) is 23.4 Å². The van der Waals surface area contributed by atoms with Crippen molar-refractivity contribution in [1.29, 1.82) is 0 Å². The van der Waals surface area contributed by atoms with Crippen molar-refractivity contribution in [3.05, 3.63) is 29.8 Å². The Morgan fingerprint density at radius 1 is 1.36 bits per heavy atom. The maximum atomic E-state index is 13.1. The van der Waals surface area contributed by atoms with E-state index in [0.29, 0.717) is 11.6 Å². The van der Waals surface area contributed by atoms with E-state index < -0.39 is 29.2 Å². The summed E-state index contributed by atoms with van der Waals surface area (Å²) in [6, 6.07) is 7.10. The van der Waals surface area contributed by atoms with Crippen LogP contribution >= 0.6 is 11.6 Å². The largest absolute Gasteiger partial charge is 0.432 e. The number of halogens is 4. The summed E-state index contributed by atoms with van der Waals surface area (Å²) in [7, 11) is 1.31. The Morgan fingerprint density at radius 2 is 2.00 bits per heavy atom. The molecule has 1 aliphatic rings. The van der Waals surface area contributed by atoms with Gasteiger partial charge < -0.3 is 5.32 Å². The number of carbonyl (C=O) groups is 1. The molecule has 2 unspecified atom stereocenters. The summed E-state index contributed by atoms with van der Waals surface area (Å²) in [6.07, 6.45) is -3.08. The average Bonchev–Trinajstić information content (AvgIpc) is 2.82. The summed E-state index contributed by atoms with van der Waals surface area (Å²) in [5.41, 5.74) is -0.966. The Morgan fingerprint density at radius 3 is 2.60 bits per heavy atom. The van der Waals surface area contributed by atoms with Crippen LogP contribution < -0.4 is 5.32 Å². The third-order valence-electron chi connectivity index (χ3n) is 4.03. The second-order valence-corrected chi connectivity index (χ2v) is 6.93. The maximum Gasteiger partial charge on any atom is 0.432 e. The average molecular weight is 376 g/mol. The molecule has 0 saturated heterocycles. The van der Waals surface area contributed by atoms with E-state index >= 15 is 0 Å². The Bertz CT molecular complexity index is 661. The number of nitrogens with one attached hydrogen (secondary N) is 1. The number of benzene rings is 1. The Labute approximate surface area is 150 Å². The summed E-state index contributed by atoms with van der Waals surface area (Å²) >= 11 is 5.98. The normalized spacial score (nSPS) is 20.8. The first-order valence-electron chi connectivity index (χ1n) is 8.02. The van der Waals surface area contributed by atoms with Gasteiger partial charge in [-0.1, -0.05) is 43.6 Å². The van der Waals surface area contributed by atoms with Gasteiger partial charge in [0.25, 0.3) is 0 Å². The van der Waals surface area contributed by atoms with Gasteiger partial charge in [0.1, 0.15) is 11.4 Å². The van der Waals surface area contributed by atoms with Crippen molar-refractivity contribution in [1.82, 2.24) is 5.01 Å². The summed E-state index contributed by atoms with van der Waals surface area (Å²) in [5, 5.41) is 6.96. The number of amides is 1. The van der Waals surface area contributed by atoms with Crippen LogP contribution in [0.3, 0.4) is 0 Å². The van der Waals surface area contributed by atoms with Crippen molar-refractivity contribution in [2.24, 2.45) is 16.9 Å². The van der Waals surface area contributed by atoms with E-state index in [1.807, 2.05) is 12.1 Å². The zero-order valence-corrected chi connectivity index (χ0v) is 15.0. The first-order valence-corrected chi connectivity index (χ1v) is 8.46. The number of anilines is 1. The fourth-order valence-corrected chi connectivity index (χ4v) is 2.91. The monoisotopic (exact) mass is 375 g/mol.